The molecule has 1 aromatic carbocycles. The van der Waals surface area contributed by atoms with Crippen molar-refractivity contribution in [2.24, 2.45) is 0 Å². The van der Waals surface area contributed by atoms with Gasteiger partial charge in [-0.2, -0.15) is 0 Å². The number of imidazole rings is 1. The van der Waals surface area contributed by atoms with E-state index in [4.69, 9.17) is 4.42 Å². The summed E-state index contributed by atoms with van der Waals surface area (Å²) in [6.45, 7) is 2.99. The largest absolute Gasteiger partial charge is 0.507 e. The van der Waals surface area contributed by atoms with Gasteiger partial charge in [-0.3, -0.25) is 14.6 Å². The number of benzene rings is 1. The van der Waals surface area contributed by atoms with E-state index in [0.29, 0.717) is 30.8 Å². The standard InChI is InChI=1S/C22H21N3O4/c1-15-5-7-16(8-6-15)20(26)18-19(17-4-2-13-29-17)25(22(28)21(18)27)11-3-10-24-12-9-23-14-24/h2,4-9,12-14,19H,3,10-11H2,1H3,(H,26,27)/p+1. The minimum atomic E-state index is -0.748. The van der Waals surface area contributed by atoms with Crippen molar-refractivity contribution in [1.82, 2.24) is 9.88 Å². The first-order valence-electron chi connectivity index (χ1n) is 9.47. The Bertz CT molecular complexity index is 1030. The van der Waals surface area contributed by atoms with Crippen molar-refractivity contribution in [3.05, 3.63) is 83.8 Å². The van der Waals surface area contributed by atoms with E-state index in [0.717, 1.165) is 5.56 Å². The molecule has 1 saturated heterocycles. The summed E-state index contributed by atoms with van der Waals surface area (Å²) >= 11 is 0. The molecule has 1 unspecified atom stereocenters. The first kappa shape index (κ1) is 18.7. The quantitative estimate of drug-likeness (QED) is 0.292. The number of aliphatic hydroxyl groups excluding tert-OH is 1. The van der Waals surface area contributed by atoms with Crippen LogP contribution in [0.3, 0.4) is 0 Å². The summed E-state index contributed by atoms with van der Waals surface area (Å²) in [4.78, 5) is 30.1. The molecule has 0 radical (unpaired) electrons. The summed E-state index contributed by atoms with van der Waals surface area (Å²) in [5.74, 6) is -1.06. The highest BCUT2D eigenvalue weighted by Gasteiger charge is 2.47. The second kappa shape index (κ2) is 7.79. The highest BCUT2D eigenvalue weighted by Crippen LogP contribution is 2.39. The lowest BCUT2D eigenvalue weighted by Crippen LogP contribution is -2.35. The van der Waals surface area contributed by atoms with Crippen molar-refractivity contribution in [3.8, 4) is 0 Å². The zero-order chi connectivity index (χ0) is 20.4. The molecule has 148 valence electrons. The Morgan fingerprint density at radius 1 is 1.24 bits per heavy atom. The SMILES string of the molecule is Cc1ccc(C(O)=C2C(=O)C(=O)N(CCC[n+]3cc[nH]c3)C2c2ccco2)cc1. The number of nitrogens with one attached hydrogen (secondary N) is 1. The molecule has 1 aliphatic rings. The van der Waals surface area contributed by atoms with Crippen LogP contribution < -0.4 is 4.57 Å². The highest BCUT2D eigenvalue weighted by atomic mass is 16.3. The Hall–Kier alpha value is -3.61. The van der Waals surface area contributed by atoms with Gasteiger partial charge in [-0.25, -0.2) is 4.57 Å². The molecule has 3 aromatic rings. The van der Waals surface area contributed by atoms with E-state index in [1.165, 1.54) is 11.2 Å². The molecule has 7 heteroatoms. The summed E-state index contributed by atoms with van der Waals surface area (Å²) in [6, 6.07) is 9.84. The normalized spacial score (nSPS) is 18.5. The van der Waals surface area contributed by atoms with E-state index in [9.17, 15) is 14.7 Å². The maximum absolute atomic E-state index is 12.8. The lowest BCUT2D eigenvalue weighted by Gasteiger charge is -2.22. The Morgan fingerprint density at radius 2 is 2.03 bits per heavy atom. The second-order valence-electron chi connectivity index (χ2n) is 7.08. The molecule has 0 aliphatic carbocycles. The molecule has 1 amide bonds. The Kier molecular flexibility index (Phi) is 5.03. The van der Waals surface area contributed by atoms with Crippen molar-refractivity contribution in [2.45, 2.75) is 25.9 Å². The predicted octanol–water partition coefficient (Wildman–Crippen LogP) is 2.72. The van der Waals surface area contributed by atoms with E-state index >= 15 is 0 Å². The number of hydrogen-bond acceptors (Lipinski definition) is 4. The number of amides is 1. The van der Waals surface area contributed by atoms with E-state index < -0.39 is 17.7 Å². The van der Waals surface area contributed by atoms with Crippen LogP contribution in [0.2, 0.25) is 0 Å². The number of aromatic nitrogens is 2. The van der Waals surface area contributed by atoms with Crippen LogP contribution in [0.5, 0.6) is 0 Å². The minimum absolute atomic E-state index is 0.0584. The minimum Gasteiger partial charge on any atom is -0.507 e. The number of Topliss-reactive ketones (excluding diaryl/α,β-unsaturated/α-hetero) is 1. The third kappa shape index (κ3) is 3.59. The lowest BCUT2D eigenvalue weighted by atomic mass is 9.99. The van der Waals surface area contributed by atoms with Gasteiger partial charge in [0.2, 0.25) is 6.33 Å². The fourth-order valence-corrected chi connectivity index (χ4v) is 3.60. The number of furan rings is 1. The fraction of sp³-hybridized carbons (Fsp3) is 0.227. The zero-order valence-electron chi connectivity index (χ0n) is 16.0. The smallest absolute Gasteiger partial charge is 0.295 e. The van der Waals surface area contributed by atoms with Crippen LogP contribution >= 0.6 is 0 Å². The molecule has 0 bridgehead atoms. The molecule has 29 heavy (non-hydrogen) atoms. The van der Waals surface area contributed by atoms with Gasteiger partial charge in [0.1, 0.15) is 30.0 Å². The molecule has 7 nitrogen and oxygen atoms in total. The predicted molar refractivity (Wildman–Crippen MR) is 105 cm³/mol. The lowest BCUT2D eigenvalue weighted by molar-refractivity contribution is -0.695. The van der Waals surface area contributed by atoms with Crippen LogP contribution in [-0.2, 0) is 16.1 Å². The van der Waals surface area contributed by atoms with Crippen LogP contribution in [0.25, 0.3) is 5.76 Å². The molecule has 4 rings (SSSR count). The fourth-order valence-electron chi connectivity index (χ4n) is 3.60. The maximum Gasteiger partial charge on any atom is 0.295 e. The highest BCUT2D eigenvalue weighted by molar-refractivity contribution is 6.46. The molecular formula is C22H22N3O4+. The van der Waals surface area contributed by atoms with Crippen molar-refractivity contribution in [2.75, 3.05) is 6.54 Å². The zero-order valence-corrected chi connectivity index (χ0v) is 16.0. The molecule has 0 saturated carbocycles. The van der Waals surface area contributed by atoms with Gasteiger partial charge in [-0.15, -0.1) is 0 Å². The van der Waals surface area contributed by atoms with E-state index in [1.807, 2.05) is 42.3 Å². The van der Waals surface area contributed by atoms with Gasteiger partial charge in [-0.1, -0.05) is 29.8 Å². The number of H-pyrrole nitrogens is 1. The maximum atomic E-state index is 12.8. The summed E-state index contributed by atoms with van der Waals surface area (Å²) in [6.07, 6.45) is 7.69. The summed E-state index contributed by atoms with van der Waals surface area (Å²) in [5, 5.41) is 10.9. The molecule has 0 spiro atoms. The first-order valence-corrected chi connectivity index (χ1v) is 9.47. The summed E-state index contributed by atoms with van der Waals surface area (Å²) < 4.78 is 7.49. The van der Waals surface area contributed by atoms with Crippen molar-refractivity contribution >= 4 is 17.4 Å². The van der Waals surface area contributed by atoms with Crippen molar-refractivity contribution in [3.63, 3.8) is 0 Å². The van der Waals surface area contributed by atoms with Gasteiger partial charge in [0.15, 0.2) is 0 Å². The monoisotopic (exact) mass is 392 g/mol. The van der Waals surface area contributed by atoms with Crippen molar-refractivity contribution in [1.29, 1.82) is 0 Å². The van der Waals surface area contributed by atoms with E-state index in [1.54, 1.807) is 24.3 Å². The van der Waals surface area contributed by atoms with Gasteiger partial charge >= 0.3 is 0 Å². The van der Waals surface area contributed by atoms with E-state index in [2.05, 4.69) is 4.98 Å². The Balaban J connectivity index is 1.68. The van der Waals surface area contributed by atoms with Gasteiger partial charge in [-0.05, 0) is 19.1 Å². The number of aromatic amines is 1. The van der Waals surface area contributed by atoms with Crippen molar-refractivity contribution < 1.29 is 23.7 Å². The number of nitrogens with zero attached hydrogens (tertiary/aromatic N) is 2. The molecule has 2 N–H and O–H groups in total. The Morgan fingerprint density at radius 3 is 2.69 bits per heavy atom. The molecule has 1 fully saturated rings. The Labute approximate surface area is 167 Å². The van der Waals surface area contributed by atoms with Crippen LogP contribution in [0.4, 0.5) is 0 Å². The first-order chi connectivity index (χ1) is 14.1. The summed E-state index contributed by atoms with van der Waals surface area (Å²) in [5.41, 5.74) is 1.59. The van der Waals surface area contributed by atoms with E-state index in [-0.39, 0.29) is 11.3 Å². The summed E-state index contributed by atoms with van der Waals surface area (Å²) in [7, 11) is 0. The van der Waals surface area contributed by atoms with Gasteiger partial charge in [0, 0.05) is 18.5 Å². The van der Waals surface area contributed by atoms with Crippen LogP contribution in [0.1, 0.15) is 29.3 Å². The topological polar surface area (TPSA) is 90.4 Å². The number of aliphatic hydroxyl groups is 1. The number of carbonyl (C=O) groups is 2. The number of carbonyl (C=O) groups excluding carboxylic acids is 2. The van der Waals surface area contributed by atoms with Crippen LogP contribution in [0, 0.1) is 6.92 Å². The second-order valence-corrected chi connectivity index (χ2v) is 7.08. The number of ketones is 1. The van der Waals surface area contributed by atoms with Gasteiger partial charge < -0.3 is 14.4 Å². The molecular weight excluding hydrogens is 370 g/mol. The molecule has 1 aliphatic heterocycles. The van der Waals surface area contributed by atoms with Gasteiger partial charge in [0.25, 0.3) is 11.7 Å². The number of aryl methyl sites for hydroxylation is 2. The third-order valence-corrected chi connectivity index (χ3v) is 5.10. The molecule has 1 atom stereocenters. The average molecular weight is 392 g/mol. The van der Waals surface area contributed by atoms with Crippen LogP contribution in [-0.4, -0.2) is 33.2 Å². The van der Waals surface area contributed by atoms with Gasteiger partial charge in [0.05, 0.1) is 18.4 Å². The molecule has 2 aromatic heterocycles. The number of likely N-dealkylation sites (tertiary alicyclic amines) is 1. The number of hydrogen-bond donors (Lipinski definition) is 2. The number of rotatable bonds is 6. The average Bonchev–Trinajstić information content (AvgIpc) is 3.46. The molecule has 3 heterocycles. The third-order valence-electron chi connectivity index (χ3n) is 5.10. The van der Waals surface area contributed by atoms with Crippen LogP contribution in [0.15, 0.2) is 71.4 Å².